The molecule has 12 nitrogen and oxygen atoms in total. The minimum absolute atomic E-state index is 0.0525. The van der Waals surface area contributed by atoms with E-state index in [4.69, 9.17) is 23.7 Å². The second-order valence-corrected chi connectivity index (χ2v) is 23.8. The number of carboxylic acid groups (broad SMARTS) is 1. The first-order valence-corrected chi connectivity index (χ1v) is 35.2. The standard InChI is InChI=1S/C75H126O12/c1-4-7-10-13-16-19-22-25-28-31-34-37-40-43-46-49-52-55-58-61-67(76)83-64-66(85-68(77)62-59-56-53-50-47-44-41-38-35-32-29-26-23-20-17-14-11-8-5-2)65-84-75-73(71(80)70(79)72(87-75)74(81)82)86-69(78)63-60-57-54-51-48-45-42-39-36-33-30-27-24-21-18-15-12-9-6-3/h7,10,16-17,19-20,25-30,34-35,37-38,66,70-73,75,79-80H,4-6,8-9,11-15,18,21-24,31-33,36,39-65H2,1-3H3,(H,81,82)/b10-7-,19-16-,20-17-,28-25-,29-26-,30-27-,37-34-,38-35-. The molecule has 0 aromatic carbocycles. The van der Waals surface area contributed by atoms with Gasteiger partial charge >= 0.3 is 23.9 Å². The molecule has 3 N–H and O–H groups in total. The van der Waals surface area contributed by atoms with Gasteiger partial charge in [0.05, 0.1) is 6.61 Å². The Kier molecular flexibility index (Phi) is 57.3. The predicted molar refractivity (Wildman–Crippen MR) is 358 cm³/mol. The number of allylic oxidation sites excluding steroid dienone is 16. The summed E-state index contributed by atoms with van der Waals surface area (Å²) in [5.41, 5.74) is 0. The van der Waals surface area contributed by atoms with Crippen LogP contribution in [0.5, 0.6) is 0 Å². The number of unbranched alkanes of at least 4 members (excludes halogenated alkanes) is 30. The molecular formula is C75H126O12. The molecule has 6 atom stereocenters. The second-order valence-electron chi connectivity index (χ2n) is 23.8. The summed E-state index contributed by atoms with van der Waals surface area (Å²) in [4.78, 5) is 51.5. The zero-order valence-corrected chi connectivity index (χ0v) is 55.2. The van der Waals surface area contributed by atoms with Gasteiger partial charge in [-0.25, -0.2) is 4.79 Å². The van der Waals surface area contributed by atoms with E-state index in [0.717, 1.165) is 148 Å². The Morgan fingerprint density at radius 1 is 0.391 bits per heavy atom. The van der Waals surface area contributed by atoms with Crippen molar-refractivity contribution in [3.05, 3.63) is 97.2 Å². The van der Waals surface area contributed by atoms with Crippen LogP contribution >= 0.6 is 0 Å². The van der Waals surface area contributed by atoms with Crippen LogP contribution in [0.25, 0.3) is 0 Å². The molecule has 1 heterocycles. The van der Waals surface area contributed by atoms with Gasteiger partial charge in [0.15, 0.2) is 24.6 Å². The molecule has 0 aliphatic carbocycles. The Bertz CT molecular complexity index is 1880. The highest BCUT2D eigenvalue weighted by Gasteiger charge is 2.50. The van der Waals surface area contributed by atoms with E-state index in [1.807, 2.05) is 0 Å². The Morgan fingerprint density at radius 3 is 1.14 bits per heavy atom. The molecule has 1 saturated heterocycles. The maximum atomic E-state index is 13.2. The molecule has 0 aromatic heterocycles. The van der Waals surface area contributed by atoms with Gasteiger partial charge in [-0.15, -0.1) is 0 Å². The maximum absolute atomic E-state index is 13.2. The first kappa shape index (κ1) is 80.7. The van der Waals surface area contributed by atoms with Crippen LogP contribution in [0.4, 0.5) is 0 Å². The molecule has 0 saturated carbocycles. The van der Waals surface area contributed by atoms with Gasteiger partial charge in [0, 0.05) is 19.3 Å². The lowest BCUT2D eigenvalue weighted by atomic mass is 9.98. The number of esters is 3. The molecule has 6 unspecified atom stereocenters. The highest BCUT2D eigenvalue weighted by Crippen LogP contribution is 2.27. The molecule has 498 valence electrons. The number of hydrogen-bond acceptors (Lipinski definition) is 11. The summed E-state index contributed by atoms with van der Waals surface area (Å²) in [7, 11) is 0. The highest BCUT2D eigenvalue weighted by molar-refractivity contribution is 5.74. The van der Waals surface area contributed by atoms with E-state index >= 15 is 0 Å². The average molecular weight is 1220 g/mol. The fourth-order valence-electron chi connectivity index (χ4n) is 10.2. The van der Waals surface area contributed by atoms with Crippen LogP contribution in [0, 0.1) is 0 Å². The summed E-state index contributed by atoms with van der Waals surface area (Å²) in [5.74, 6) is -3.15. The molecule has 0 spiro atoms. The monoisotopic (exact) mass is 1220 g/mol. The lowest BCUT2D eigenvalue weighted by molar-refractivity contribution is -0.301. The van der Waals surface area contributed by atoms with Crippen molar-refractivity contribution in [2.24, 2.45) is 0 Å². The number of ether oxygens (including phenoxy) is 5. The quantitative estimate of drug-likeness (QED) is 0.0228. The summed E-state index contributed by atoms with van der Waals surface area (Å²) in [6, 6.07) is 0. The summed E-state index contributed by atoms with van der Waals surface area (Å²) in [6.07, 6.45) is 70.6. The number of carbonyl (C=O) groups is 4. The third kappa shape index (κ3) is 51.1. The van der Waals surface area contributed by atoms with E-state index in [-0.39, 0.29) is 25.9 Å². The maximum Gasteiger partial charge on any atom is 0.335 e. The Hall–Kier alpha value is -4.36. The topological polar surface area (TPSA) is 175 Å². The van der Waals surface area contributed by atoms with Crippen LogP contribution < -0.4 is 0 Å². The second kappa shape index (κ2) is 61.9. The number of rotatable bonds is 60. The Labute approximate surface area is 530 Å². The van der Waals surface area contributed by atoms with E-state index in [0.29, 0.717) is 19.3 Å². The van der Waals surface area contributed by atoms with Gasteiger partial charge < -0.3 is 39.0 Å². The number of hydrogen-bond donors (Lipinski definition) is 3. The van der Waals surface area contributed by atoms with Crippen molar-refractivity contribution < 1.29 is 58.2 Å². The van der Waals surface area contributed by atoms with Gasteiger partial charge in [-0.3, -0.25) is 14.4 Å². The Morgan fingerprint density at radius 2 is 0.724 bits per heavy atom. The number of aliphatic carboxylic acids is 1. The van der Waals surface area contributed by atoms with Crippen molar-refractivity contribution in [2.45, 2.75) is 340 Å². The van der Waals surface area contributed by atoms with Crippen molar-refractivity contribution in [1.29, 1.82) is 0 Å². The molecule has 1 rings (SSSR count). The fourth-order valence-corrected chi connectivity index (χ4v) is 10.2. The molecule has 0 aromatic rings. The molecule has 12 heteroatoms. The molecule has 1 aliphatic heterocycles. The lowest BCUT2D eigenvalue weighted by Gasteiger charge is -2.40. The van der Waals surface area contributed by atoms with E-state index < -0.39 is 67.3 Å². The minimum atomic E-state index is -1.91. The van der Waals surface area contributed by atoms with Crippen molar-refractivity contribution in [3.8, 4) is 0 Å². The van der Waals surface area contributed by atoms with Crippen molar-refractivity contribution >= 4 is 23.9 Å². The number of aliphatic hydroxyl groups excluding tert-OH is 2. The van der Waals surface area contributed by atoms with Crippen molar-refractivity contribution in [2.75, 3.05) is 13.2 Å². The largest absolute Gasteiger partial charge is 0.479 e. The van der Waals surface area contributed by atoms with Crippen LogP contribution in [0.15, 0.2) is 97.2 Å². The van der Waals surface area contributed by atoms with Gasteiger partial charge in [-0.1, -0.05) is 259 Å². The van der Waals surface area contributed by atoms with Gasteiger partial charge in [0.2, 0.25) is 0 Å². The van der Waals surface area contributed by atoms with E-state index in [1.54, 1.807) is 0 Å². The number of carboxylic acids is 1. The minimum Gasteiger partial charge on any atom is -0.479 e. The Balaban J connectivity index is 2.66. The first-order valence-electron chi connectivity index (χ1n) is 35.2. The number of aliphatic hydroxyl groups is 2. The molecule has 0 radical (unpaired) electrons. The molecule has 0 bridgehead atoms. The summed E-state index contributed by atoms with van der Waals surface area (Å²) in [6.45, 7) is 5.87. The van der Waals surface area contributed by atoms with Gasteiger partial charge in [-0.05, 0) is 122 Å². The third-order valence-corrected chi connectivity index (χ3v) is 15.6. The van der Waals surface area contributed by atoms with E-state index in [1.165, 1.54) is 96.3 Å². The predicted octanol–water partition coefficient (Wildman–Crippen LogP) is 19.6. The molecular weight excluding hydrogens is 1090 g/mol. The molecule has 1 fully saturated rings. The molecule has 0 amide bonds. The highest BCUT2D eigenvalue weighted by atomic mass is 16.7. The fraction of sp³-hybridized carbons (Fsp3) is 0.733. The van der Waals surface area contributed by atoms with Crippen LogP contribution in [0.3, 0.4) is 0 Å². The zero-order valence-electron chi connectivity index (χ0n) is 55.2. The van der Waals surface area contributed by atoms with Crippen LogP contribution in [-0.4, -0.2) is 89.2 Å². The summed E-state index contributed by atoms with van der Waals surface area (Å²) < 4.78 is 28.6. The van der Waals surface area contributed by atoms with Crippen LogP contribution in [0.2, 0.25) is 0 Å². The lowest BCUT2D eigenvalue weighted by Crippen LogP contribution is -2.61. The summed E-state index contributed by atoms with van der Waals surface area (Å²) in [5, 5.41) is 31.7. The van der Waals surface area contributed by atoms with Crippen LogP contribution in [-0.2, 0) is 42.9 Å². The van der Waals surface area contributed by atoms with Gasteiger partial charge in [-0.2, -0.15) is 0 Å². The average Bonchev–Trinajstić information content (AvgIpc) is 2.56. The first-order chi connectivity index (χ1) is 42.6. The third-order valence-electron chi connectivity index (χ3n) is 15.6. The summed E-state index contributed by atoms with van der Waals surface area (Å²) >= 11 is 0. The van der Waals surface area contributed by atoms with Crippen molar-refractivity contribution in [1.82, 2.24) is 0 Å². The smallest absolute Gasteiger partial charge is 0.335 e. The SMILES string of the molecule is CC/C=C\C/C=C\C/C=C\C/C=C\CCCCCCCCC(=O)OCC(COC1OC(C(=O)O)C(O)C(O)C1OC(=O)CCCCCCCCCCC/C=C\CCCCCCCC)OC(=O)CCCCCCCC/C=C\C/C=C\C/C=C\CCCCC. The van der Waals surface area contributed by atoms with Gasteiger partial charge in [0.25, 0.3) is 0 Å². The van der Waals surface area contributed by atoms with Crippen molar-refractivity contribution in [3.63, 3.8) is 0 Å². The van der Waals surface area contributed by atoms with Crippen LogP contribution in [0.1, 0.15) is 303 Å². The normalized spacial score (nSPS) is 17.9. The number of carbonyl (C=O) groups excluding carboxylic acids is 3. The van der Waals surface area contributed by atoms with E-state index in [9.17, 15) is 34.5 Å². The van der Waals surface area contributed by atoms with E-state index in [2.05, 4.69) is 118 Å². The molecule has 1 aliphatic rings. The zero-order chi connectivity index (χ0) is 63.1. The van der Waals surface area contributed by atoms with Gasteiger partial charge in [0.1, 0.15) is 18.8 Å². The molecule has 87 heavy (non-hydrogen) atoms.